The van der Waals surface area contributed by atoms with E-state index in [1.54, 1.807) is 21.9 Å². The van der Waals surface area contributed by atoms with Gasteiger partial charge in [-0.15, -0.1) is 0 Å². The van der Waals surface area contributed by atoms with Crippen LogP contribution in [-0.4, -0.2) is 61.0 Å². The highest BCUT2D eigenvalue weighted by molar-refractivity contribution is 5.94. The normalized spacial score (nSPS) is 14.2. The van der Waals surface area contributed by atoms with Crippen molar-refractivity contribution < 1.29 is 23.5 Å². The van der Waals surface area contributed by atoms with Crippen molar-refractivity contribution in [1.29, 1.82) is 0 Å². The molecule has 1 saturated heterocycles. The molecule has 0 aliphatic carbocycles. The van der Waals surface area contributed by atoms with E-state index in [0.29, 0.717) is 49.8 Å². The molecule has 0 radical (unpaired) electrons. The van der Waals surface area contributed by atoms with Gasteiger partial charge in [0.15, 0.2) is 18.1 Å². The van der Waals surface area contributed by atoms with Gasteiger partial charge in [0.2, 0.25) is 0 Å². The summed E-state index contributed by atoms with van der Waals surface area (Å²) in [7, 11) is 0. The summed E-state index contributed by atoms with van der Waals surface area (Å²) in [5, 5.41) is 0. The summed E-state index contributed by atoms with van der Waals surface area (Å²) in [6.07, 6.45) is 2.91. The maximum absolute atomic E-state index is 12.4. The fourth-order valence-corrected chi connectivity index (χ4v) is 2.80. The van der Waals surface area contributed by atoms with Crippen LogP contribution in [0.15, 0.2) is 47.3 Å². The largest absolute Gasteiger partial charge is 0.490 e. The van der Waals surface area contributed by atoms with Gasteiger partial charge in [-0.05, 0) is 25.1 Å². The standard InChI is InChI=1S/C19H22N2O5/c1-2-25-16-5-3-4-6-17(16)26-14-18(22)20-8-10-21(11-9-20)19(23)15-7-12-24-13-15/h3-7,12-13H,2,8-11,14H2,1H3. The third kappa shape index (κ3) is 4.17. The lowest BCUT2D eigenvalue weighted by atomic mass is 10.2. The molecule has 2 aromatic rings. The number of carbonyl (C=O) groups is 2. The first-order valence-corrected chi connectivity index (χ1v) is 8.63. The Labute approximate surface area is 152 Å². The lowest BCUT2D eigenvalue weighted by Crippen LogP contribution is -2.51. The summed E-state index contributed by atoms with van der Waals surface area (Å²) in [4.78, 5) is 28.1. The Balaban J connectivity index is 1.49. The first-order chi connectivity index (χ1) is 12.7. The first-order valence-electron chi connectivity index (χ1n) is 8.63. The predicted octanol–water partition coefficient (Wildman–Crippen LogP) is 2.04. The molecule has 7 nitrogen and oxygen atoms in total. The quantitative estimate of drug-likeness (QED) is 0.790. The van der Waals surface area contributed by atoms with E-state index >= 15 is 0 Å². The van der Waals surface area contributed by atoms with Crippen LogP contribution in [-0.2, 0) is 4.79 Å². The van der Waals surface area contributed by atoms with E-state index in [9.17, 15) is 9.59 Å². The zero-order valence-electron chi connectivity index (χ0n) is 14.7. The average Bonchev–Trinajstić information content (AvgIpc) is 3.21. The molecule has 2 heterocycles. The van der Waals surface area contributed by atoms with Gasteiger partial charge in [-0.3, -0.25) is 9.59 Å². The highest BCUT2D eigenvalue weighted by Gasteiger charge is 2.25. The molecule has 0 bridgehead atoms. The Hall–Kier alpha value is -2.96. The van der Waals surface area contributed by atoms with Crippen LogP contribution in [0, 0.1) is 0 Å². The van der Waals surface area contributed by atoms with Crippen LogP contribution in [0.4, 0.5) is 0 Å². The second-order valence-corrected chi connectivity index (χ2v) is 5.85. The fraction of sp³-hybridized carbons (Fsp3) is 0.368. The molecule has 0 spiro atoms. The van der Waals surface area contributed by atoms with Crippen LogP contribution in [0.3, 0.4) is 0 Å². The molecule has 1 aliphatic rings. The zero-order chi connectivity index (χ0) is 18.4. The predicted molar refractivity (Wildman–Crippen MR) is 94.3 cm³/mol. The third-order valence-electron chi connectivity index (χ3n) is 4.19. The number of amides is 2. The highest BCUT2D eigenvalue weighted by Crippen LogP contribution is 2.26. The lowest BCUT2D eigenvalue weighted by molar-refractivity contribution is -0.134. The summed E-state index contributed by atoms with van der Waals surface area (Å²) in [6, 6.07) is 8.92. The SMILES string of the molecule is CCOc1ccccc1OCC(=O)N1CCN(C(=O)c2ccoc2)CC1. The summed E-state index contributed by atoms with van der Waals surface area (Å²) in [5.74, 6) is 0.995. The van der Waals surface area contributed by atoms with Crippen molar-refractivity contribution >= 4 is 11.8 Å². The second-order valence-electron chi connectivity index (χ2n) is 5.85. The lowest BCUT2D eigenvalue weighted by Gasteiger charge is -2.34. The minimum atomic E-state index is -0.105. The van der Waals surface area contributed by atoms with Crippen LogP contribution < -0.4 is 9.47 Å². The van der Waals surface area contributed by atoms with Gasteiger partial charge in [0.25, 0.3) is 11.8 Å². The molecule has 0 N–H and O–H groups in total. The molecule has 138 valence electrons. The van der Waals surface area contributed by atoms with Gasteiger partial charge in [-0.1, -0.05) is 12.1 Å². The van der Waals surface area contributed by atoms with Gasteiger partial charge in [0.05, 0.1) is 18.4 Å². The Morgan fingerprint density at radius 1 is 1.00 bits per heavy atom. The first kappa shape index (κ1) is 17.8. The minimum absolute atomic E-state index is 0.0558. The summed E-state index contributed by atoms with van der Waals surface area (Å²) in [6.45, 7) is 4.32. The molecule has 2 amide bonds. The highest BCUT2D eigenvalue weighted by atomic mass is 16.5. The van der Waals surface area contributed by atoms with Crippen molar-refractivity contribution in [2.75, 3.05) is 39.4 Å². The van der Waals surface area contributed by atoms with Crippen LogP contribution in [0.2, 0.25) is 0 Å². The van der Waals surface area contributed by atoms with Crippen molar-refractivity contribution in [2.45, 2.75) is 6.92 Å². The van der Waals surface area contributed by atoms with E-state index < -0.39 is 0 Å². The van der Waals surface area contributed by atoms with Crippen LogP contribution in [0.25, 0.3) is 0 Å². The Kier molecular flexibility index (Phi) is 5.78. The number of piperazine rings is 1. The minimum Gasteiger partial charge on any atom is -0.490 e. The molecule has 0 unspecified atom stereocenters. The Morgan fingerprint density at radius 2 is 1.65 bits per heavy atom. The van der Waals surface area contributed by atoms with E-state index in [1.165, 1.54) is 12.5 Å². The summed E-state index contributed by atoms with van der Waals surface area (Å²) in [5.41, 5.74) is 0.528. The topological polar surface area (TPSA) is 72.2 Å². The number of nitrogens with zero attached hydrogens (tertiary/aromatic N) is 2. The molecular formula is C19H22N2O5. The Bertz CT molecular complexity index is 736. The molecule has 0 atom stereocenters. The smallest absolute Gasteiger partial charge is 0.260 e. The molecular weight excluding hydrogens is 336 g/mol. The van der Waals surface area contributed by atoms with Gasteiger partial charge in [-0.25, -0.2) is 0 Å². The van der Waals surface area contributed by atoms with Crippen LogP contribution >= 0.6 is 0 Å². The van der Waals surface area contributed by atoms with Crippen molar-refractivity contribution in [2.24, 2.45) is 0 Å². The number of hydrogen-bond donors (Lipinski definition) is 0. The van der Waals surface area contributed by atoms with E-state index in [1.807, 2.05) is 25.1 Å². The molecule has 1 aromatic heterocycles. The number of rotatable bonds is 6. The maximum atomic E-state index is 12.4. The van der Waals surface area contributed by atoms with Gasteiger partial charge < -0.3 is 23.7 Å². The number of para-hydroxylation sites is 2. The van der Waals surface area contributed by atoms with E-state index in [-0.39, 0.29) is 18.4 Å². The van der Waals surface area contributed by atoms with Crippen molar-refractivity contribution in [1.82, 2.24) is 9.80 Å². The van der Waals surface area contributed by atoms with E-state index in [4.69, 9.17) is 13.9 Å². The maximum Gasteiger partial charge on any atom is 0.260 e. The van der Waals surface area contributed by atoms with Crippen LogP contribution in [0.1, 0.15) is 17.3 Å². The molecule has 0 saturated carbocycles. The number of furan rings is 1. The third-order valence-corrected chi connectivity index (χ3v) is 4.19. The number of carbonyl (C=O) groups excluding carboxylic acids is 2. The van der Waals surface area contributed by atoms with Gasteiger partial charge in [0.1, 0.15) is 6.26 Å². The van der Waals surface area contributed by atoms with E-state index in [2.05, 4.69) is 0 Å². The molecule has 26 heavy (non-hydrogen) atoms. The summed E-state index contributed by atoms with van der Waals surface area (Å²) >= 11 is 0. The fourth-order valence-electron chi connectivity index (χ4n) is 2.80. The molecule has 7 heteroatoms. The summed E-state index contributed by atoms with van der Waals surface area (Å²) < 4.78 is 16.1. The van der Waals surface area contributed by atoms with E-state index in [0.717, 1.165) is 0 Å². The van der Waals surface area contributed by atoms with Gasteiger partial charge >= 0.3 is 0 Å². The van der Waals surface area contributed by atoms with Crippen LogP contribution in [0.5, 0.6) is 11.5 Å². The van der Waals surface area contributed by atoms with Gasteiger partial charge in [-0.2, -0.15) is 0 Å². The van der Waals surface area contributed by atoms with Crippen molar-refractivity contribution in [3.05, 3.63) is 48.4 Å². The average molecular weight is 358 g/mol. The van der Waals surface area contributed by atoms with Gasteiger partial charge in [0, 0.05) is 26.2 Å². The van der Waals surface area contributed by atoms with Crippen molar-refractivity contribution in [3.63, 3.8) is 0 Å². The molecule has 1 fully saturated rings. The number of ether oxygens (including phenoxy) is 2. The molecule has 1 aliphatic heterocycles. The number of hydrogen-bond acceptors (Lipinski definition) is 5. The zero-order valence-corrected chi connectivity index (χ0v) is 14.7. The molecule has 1 aromatic carbocycles. The van der Waals surface area contributed by atoms with Crippen molar-refractivity contribution in [3.8, 4) is 11.5 Å². The second kappa shape index (κ2) is 8.42. The number of benzene rings is 1. The monoisotopic (exact) mass is 358 g/mol. The molecule has 3 rings (SSSR count). The Morgan fingerprint density at radius 3 is 2.27 bits per heavy atom.